The Labute approximate surface area is 218 Å². The second kappa shape index (κ2) is 20.8. The molecule has 0 unspecified atom stereocenters. The van der Waals surface area contributed by atoms with Crippen molar-refractivity contribution in [2.24, 2.45) is 5.92 Å². The Morgan fingerprint density at radius 3 is 1.47 bits per heavy atom. The van der Waals surface area contributed by atoms with Crippen LogP contribution in [0.15, 0.2) is 24.3 Å². The average Bonchev–Trinajstić information content (AvgIpc) is 2.87. The van der Waals surface area contributed by atoms with Crippen LogP contribution in [0.1, 0.15) is 121 Å². The van der Waals surface area contributed by atoms with Crippen LogP contribution in [0.5, 0.6) is 0 Å². The van der Waals surface area contributed by atoms with E-state index >= 15 is 0 Å². The van der Waals surface area contributed by atoms with E-state index in [4.69, 9.17) is 9.47 Å². The first-order valence-electron chi connectivity index (χ1n) is 14.3. The van der Waals surface area contributed by atoms with E-state index in [1.807, 2.05) is 0 Å². The number of hydrogen-bond donors (Lipinski definition) is 1. The fraction of sp³-hybridized carbons (Fsp3) is 0.700. The lowest BCUT2D eigenvalue weighted by Gasteiger charge is -2.14. The van der Waals surface area contributed by atoms with Gasteiger partial charge in [-0.25, -0.2) is 0 Å². The molecule has 0 aromatic heterocycles. The van der Waals surface area contributed by atoms with Gasteiger partial charge in [0, 0.05) is 17.8 Å². The van der Waals surface area contributed by atoms with E-state index in [-0.39, 0.29) is 18.8 Å². The van der Waals surface area contributed by atoms with Crippen molar-refractivity contribution in [2.75, 3.05) is 25.1 Å². The summed E-state index contributed by atoms with van der Waals surface area (Å²) in [5.41, 5.74) is 1.19. The Balaban J connectivity index is 2.21. The van der Waals surface area contributed by atoms with E-state index in [9.17, 15) is 14.4 Å². The molecular weight excluding hydrogens is 454 g/mol. The Kier molecular flexibility index (Phi) is 18.3. The molecule has 36 heavy (non-hydrogen) atoms. The number of unbranched alkanes of at least 4 members (excludes halogenated alkanes) is 13. The number of Topliss-reactive ketones (excluding diaryl/α,β-unsaturated/α-hetero) is 1. The van der Waals surface area contributed by atoms with Gasteiger partial charge in [-0.2, -0.15) is 0 Å². The molecule has 0 aliphatic rings. The molecule has 0 radical (unpaired) electrons. The van der Waals surface area contributed by atoms with Crippen molar-refractivity contribution in [3.8, 4) is 0 Å². The lowest BCUT2D eigenvalue weighted by molar-refractivity contribution is -0.158. The normalized spacial score (nSPS) is 10.9. The summed E-state index contributed by atoms with van der Waals surface area (Å²) < 4.78 is 9.80. The smallest absolute Gasteiger partial charge is 0.328 e. The van der Waals surface area contributed by atoms with Crippen LogP contribution in [-0.2, 0) is 19.1 Å². The molecule has 0 aliphatic heterocycles. The summed E-state index contributed by atoms with van der Waals surface area (Å²) in [6.45, 7) is 6.57. The minimum atomic E-state index is -1.58. The van der Waals surface area contributed by atoms with E-state index < -0.39 is 23.6 Å². The monoisotopic (exact) mass is 503 g/mol. The molecule has 0 saturated carbocycles. The Morgan fingerprint density at radius 1 is 0.639 bits per heavy atom. The van der Waals surface area contributed by atoms with Crippen molar-refractivity contribution < 1.29 is 23.9 Å². The molecule has 6 nitrogen and oxygen atoms in total. The number of carbonyl (C=O) groups is 3. The molecule has 0 atom stereocenters. The molecule has 1 N–H and O–H groups in total. The minimum absolute atomic E-state index is 0.0874. The van der Waals surface area contributed by atoms with E-state index in [1.54, 1.807) is 38.1 Å². The maximum atomic E-state index is 12.8. The van der Waals surface area contributed by atoms with Gasteiger partial charge in [0.05, 0.1) is 13.2 Å². The standard InChI is InChI=1S/C30H49NO5/c1-4-7-8-9-10-11-12-13-14-15-16-17-18-19-24-31-26-22-20-25(21-23-26)28(32)27(29(33)35-5-2)30(34)36-6-3/h20-23,27,31H,4-19,24H2,1-3H3. The summed E-state index contributed by atoms with van der Waals surface area (Å²) in [7, 11) is 0. The number of benzene rings is 1. The molecular formula is C30H49NO5. The van der Waals surface area contributed by atoms with Crippen molar-refractivity contribution >= 4 is 23.4 Å². The number of ketones is 1. The van der Waals surface area contributed by atoms with Crippen molar-refractivity contribution in [2.45, 2.75) is 111 Å². The number of anilines is 1. The van der Waals surface area contributed by atoms with Gasteiger partial charge < -0.3 is 14.8 Å². The summed E-state index contributed by atoms with van der Waals surface area (Å²) in [5, 5.41) is 3.37. The van der Waals surface area contributed by atoms with Crippen molar-refractivity contribution in [1.82, 2.24) is 0 Å². The van der Waals surface area contributed by atoms with Gasteiger partial charge in [0.2, 0.25) is 5.92 Å². The minimum Gasteiger partial charge on any atom is -0.465 e. The van der Waals surface area contributed by atoms with E-state index in [1.165, 1.54) is 83.5 Å². The van der Waals surface area contributed by atoms with Gasteiger partial charge in [0.25, 0.3) is 0 Å². The third-order valence-corrected chi connectivity index (χ3v) is 6.34. The molecule has 1 rings (SSSR count). The van der Waals surface area contributed by atoms with Crippen LogP contribution < -0.4 is 5.32 Å². The fourth-order valence-electron chi connectivity index (χ4n) is 4.23. The molecule has 0 heterocycles. The molecule has 0 spiro atoms. The fourth-order valence-corrected chi connectivity index (χ4v) is 4.23. The zero-order chi connectivity index (χ0) is 26.4. The Morgan fingerprint density at radius 2 is 1.06 bits per heavy atom. The number of hydrogen-bond acceptors (Lipinski definition) is 6. The molecule has 204 valence electrons. The van der Waals surface area contributed by atoms with Gasteiger partial charge in [-0.3, -0.25) is 14.4 Å². The number of carbonyl (C=O) groups excluding carboxylic acids is 3. The lowest BCUT2D eigenvalue weighted by Crippen LogP contribution is -2.35. The molecule has 0 fully saturated rings. The predicted molar refractivity (Wildman–Crippen MR) is 146 cm³/mol. The van der Waals surface area contributed by atoms with Crippen molar-refractivity contribution in [3.63, 3.8) is 0 Å². The molecule has 1 aromatic rings. The second-order valence-electron chi connectivity index (χ2n) is 9.40. The van der Waals surface area contributed by atoms with Crippen LogP contribution >= 0.6 is 0 Å². The largest absolute Gasteiger partial charge is 0.465 e. The molecule has 1 aromatic carbocycles. The highest BCUT2D eigenvalue weighted by Crippen LogP contribution is 2.17. The van der Waals surface area contributed by atoms with Crippen molar-refractivity contribution in [1.29, 1.82) is 0 Å². The highest BCUT2D eigenvalue weighted by atomic mass is 16.6. The van der Waals surface area contributed by atoms with Gasteiger partial charge >= 0.3 is 11.9 Å². The summed E-state index contributed by atoms with van der Waals surface area (Å²) >= 11 is 0. The second-order valence-corrected chi connectivity index (χ2v) is 9.40. The summed E-state index contributed by atoms with van der Waals surface area (Å²) in [6, 6.07) is 6.84. The zero-order valence-corrected chi connectivity index (χ0v) is 22.9. The number of ether oxygens (including phenoxy) is 2. The Bertz CT molecular complexity index is 713. The lowest BCUT2D eigenvalue weighted by atomic mass is 9.97. The predicted octanol–water partition coefficient (Wildman–Crippen LogP) is 7.50. The van der Waals surface area contributed by atoms with E-state index in [0.717, 1.165) is 18.7 Å². The summed E-state index contributed by atoms with van der Waals surface area (Å²) in [4.78, 5) is 37.1. The average molecular weight is 504 g/mol. The van der Waals surface area contributed by atoms with Crippen LogP contribution in [0.4, 0.5) is 5.69 Å². The van der Waals surface area contributed by atoms with Gasteiger partial charge in [0.15, 0.2) is 5.78 Å². The third kappa shape index (κ3) is 13.6. The third-order valence-electron chi connectivity index (χ3n) is 6.34. The highest BCUT2D eigenvalue weighted by molar-refractivity contribution is 6.20. The number of esters is 2. The maximum absolute atomic E-state index is 12.8. The first kappa shape index (κ1) is 31.7. The quantitative estimate of drug-likeness (QED) is 0.0763. The van der Waals surface area contributed by atoms with Crippen LogP contribution in [-0.4, -0.2) is 37.5 Å². The van der Waals surface area contributed by atoms with Crippen LogP contribution in [0.2, 0.25) is 0 Å². The summed E-state index contributed by atoms with van der Waals surface area (Å²) in [5.74, 6) is -3.94. The van der Waals surface area contributed by atoms with Crippen molar-refractivity contribution in [3.05, 3.63) is 29.8 Å². The maximum Gasteiger partial charge on any atom is 0.328 e. The first-order chi connectivity index (χ1) is 17.5. The highest BCUT2D eigenvalue weighted by Gasteiger charge is 2.37. The molecule has 0 aliphatic carbocycles. The SMILES string of the molecule is CCCCCCCCCCCCCCCCNc1ccc(C(=O)C(C(=O)OCC)C(=O)OCC)cc1. The molecule has 6 heteroatoms. The van der Waals surface area contributed by atoms with Gasteiger partial charge in [-0.1, -0.05) is 90.4 Å². The van der Waals surface area contributed by atoms with Gasteiger partial charge in [-0.05, 0) is 44.5 Å². The van der Waals surface area contributed by atoms with Crippen LogP contribution in [0.25, 0.3) is 0 Å². The van der Waals surface area contributed by atoms with Gasteiger partial charge in [0.1, 0.15) is 0 Å². The molecule has 0 bridgehead atoms. The van der Waals surface area contributed by atoms with Gasteiger partial charge in [-0.15, -0.1) is 0 Å². The topological polar surface area (TPSA) is 81.7 Å². The first-order valence-corrected chi connectivity index (χ1v) is 14.3. The van der Waals surface area contributed by atoms with Crippen LogP contribution in [0.3, 0.4) is 0 Å². The molecule has 0 saturated heterocycles. The van der Waals surface area contributed by atoms with E-state index in [2.05, 4.69) is 12.2 Å². The number of rotatable bonds is 22. The zero-order valence-electron chi connectivity index (χ0n) is 22.9. The number of nitrogens with one attached hydrogen (secondary N) is 1. The van der Waals surface area contributed by atoms with E-state index in [0.29, 0.717) is 0 Å². The summed E-state index contributed by atoms with van der Waals surface area (Å²) in [6.07, 6.45) is 18.7. The van der Waals surface area contributed by atoms with Crippen LogP contribution in [0, 0.1) is 5.92 Å². The molecule has 0 amide bonds. The Hall–Kier alpha value is -2.37.